The van der Waals surface area contributed by atoms with Crippen molar-refractivity contribution >= 4 is 29.0 Å². The lowest BCUT2D eigenvalue weighted by Gasteiger charge is -2.32. The summed E-state index contributed by atoms with van der Waals surface area (Å²) in [5, 5.41) is 12.4. The first-order chi connectivity index (χ1) is 15.6. The third-order valence-electron chi connectivity index (χ3n) is 5.56. The van der Waals surface area contributed by atoms with Crippen molar-refractivity contribution in [2.45, 2.75) is 12.8 Å². The van der Waals surface area contributed by atoms with Crippen LogP contribution in [0.2, 0.25) is 5.02 Å². The van der Waals surface area contributed by atoms with Gasteiger partial charge in [0, 0.05) is 35.4 Å². The predicted octanol–water partition coefficient (Wildman–Crippen LogP) is 4.67. The molecule has 1 saturated heterocycles. The fourth-order valence-electron chi connectivity index (χ4n) is 3.83. The summed E-state index contributed by atoms with van der Waals surface area (Å²) in [6.07, 6.45) is 1.73. The van der Waals surface area contributed by atoms with Crippen LogP contribution < -0.4 is 19.7 Å². The number of nitrogens with zero attached hydrogens (tertiary/aromatic N) is 3. The molecule has 4 rings (SSSR count). The van der Waals surface area contributed by atoms with Crippen LogP contribution in [-0.4, -0.2) is 43.4 Å². The number of amides is 1. The van der Waals surface area contributed by atoms with Gasteiger partial charge in [-0.05, 0) is 49.2 Å². The molecule has 3 aromatic rings. The van der Waals surface area contributed by atoms with Gasteiger partial charge in [0.2, 0.25) is 5.91 Å². The van der Waals surface area contributed by atoms with E-state index in [1.807, 2.05) is 36.4 Å². The number of benzene rings is 2. The van der Waals surface area contributed by atoms with E-state index in [1.165, 1.54) is 0 Å². The molecule has 0 aliphatic carbocycles. The number of carbonyl (C=O) groups excluding carboxylic acids is 1. The molecule has 166 valence electrons. The molecule has 0 spiro atoms. The van der Waals surface area contributed by atoms with E-state index in [0.717, 1.165) is 36.5 Å². The average molecular weight is 453 g/mol. The van der Waals surface area contributed by atoms with Crippen LogP contribution in [-0.2, 0) is 4.79 Å². The summed E-state index contributed by atoms with van der Waals surface area (Å²) in [4.78, 5) is 15.0. The zero-order chi connectivity index (χ0) is 22.5. The summed E-state index contributed by atoms with van der Waals surface area (Å²) in [7, 11) is 3.15. The van der Waals surface area contributed by atoms with Crippen LogP contribution >= 0.6 is 11.6 Å². The lowest BCUT2D eigenvalue weighted by Crippen LogP contribution is -2.41. The maximum absolute atomic E-state index is 12.9. The maximum atomic E-state index is 12.9. The Balaban J connectivity index is 1.41. The molecule has 8 heteroatoms. The monoisotopic (exact) mass is 452 g/mol. The second-order valence-corrected chi connectivity index (χ2v) is 8.06. The molecule has 1 N–H and O–H groups in total. The highest BCUT2D eigenvalue weighted by atomic mass is 35.5. The van der Waals surface area contributed by atoms with Crippen molar-refractivity contribution in [2.24, 2.45) is 5.92 Å². The minimum atomic E-state index is -0.144. The Morgan fingerprint density at radius 3 is 2.50 bits per heavy atom. The molecule has 0 bridgehead atoms. The van der Waals surface area contributed by atoms with E-state index in [4.69, 9.17) is 21.1 Å². The van der Waals surface area contributed by atoms with Crippen molar-refractivity contribution in [1.29, 1.82) is 0 Å². The molecular formula is C24H25ClN4O3. The largest absolute Gasteiger partial charge is 0.493 e. The van der Waals surface area contributed by atoms with Crippen molar-refractivity contribution in [1.82, 2.24) is 10.2 Å². The Bertz CT molecular complexity index is 1070. The molecule has 2 aromatic carbocycles. The van der Waals surface area contributed by atoms with E-state index in [1.54, 1.807) is 32.4 Å². The van der Waals surface area contributed by atoms with Gasteiger partial charge in [-0.15, -0.1) is 10.2 Å². The quantitative estimate of drug-likeness (QED) is 0.585. The zero-order valence-corrected chi connectivity index (χ0v) is 18.8. The number of hydrogen-bond acceptors (Lipinski definition) is 6. The Morgan fingerprint density at radius 2 is 1.81 bits per heavy atom. The van der Waals surface area contributed by atoms with Gasteiger partial charge < -0.3 is 19.7 Å². The SMILES string of the molecule is COc1ccc(NC(=O)C2CCCN(c3ccc(-c4ccc(Cl)cc4)nn3)C2)cc1OC. The van der Waals surface area contributed by atoms with Gasteiger partial charge in [-0.2, -0.15) is 0 Å². The molecule has 2 heterocycles. The number of methoxy groups -OCH3 is 2. The Hall–Kier alpha value is -3.32. The van der Waals surface area contributed by atoms with Gasteiger partial charge in [0.25, 0.3) is 0 Å². The lowest BCUT2D eigenvalue weighted by molar-refractivity contribution is -0.120. The predicted molar refractivity (Wildman–Crippen MR) is 126 cm³/mol. The number of ether oxygens (including phenoxy) is 2. The summed E-state index contributed by atoms with van der Waals surface area (Å²) < 4.78 is 10.6. The molecule has 1 aliphatic heterocycles. The maximum Gasteiger partial charge on any atom is 0.229 e. The van der Waals surface area contributed by atoms with E-state index in [9.17, 15) is 4.79 Å². The summed E-state index contributed by atoms with van der Waals surface area (Å²) in [5.74, 6) is 1.80. The van der Waals surface area contributed by atoms with E-state index in [-0.39, 0.29) is 11.8 Å². The number of aromatic nitrogens is 2. The topological polar surface area (TPSA) is 76.6 Å². The number of halogens is 1. The van der Waals surface area contributed by atoms with Crippen LogP contribution in [0.4, 0.5) is 11.5 Å². The van der Waals surface area contributed by atoms with Gasteiger partial charge in [-0.25, -0.2) is 0 Å². The molecule has 0 radical (unpaired) electrons. The number of piperidine rings is 1. The molecule has 1 unspecified atom stereocenters. The summed E-state index contributed by atoms with van der Waals surface area (Å²) in [5.41, 5.74) is 2.42. The van der Waals surface area contributed by atoms with Crippen LogP contribution in [0.15, 0.2) is 54.6 Å². The van der Waals surface area contributed by atoms with Gasteiger partial charge in [0.1, 0.15) is 0 Å². The van der Waals surface area contributed by atoms with Crippen LogP contribution in [0.3, 0.4) is 0 Å². The third kappa shape index (κ3) is 4.94. The molecule has 0 saturated carbocycles. The Labute approximate surface area is 192 Å². The second kappa shape index (κ2) is 9.87. The Morgan fingerprint density at radius 1 is 1.03 bits per heavy atom. The first-order valence-electron chi connectivity index (χ1n) is 10.4. The highest BCUT2D eigenvalue weighted by Crippen LogP contribution is 2.30. The fourth-order valence-corrected chi connectivity index (χ4v) is 3.95. The normalized spacial score (nSPS) is 15.8. The first-order valence-corrected chi connectivity index (χ1v) is 10.8. The van der Waals surface area contributed by atoms with Crippen molar-refractivity contribution < 1.29 is 14.3 Å². The van der Waals surface area contributed by atoms with E-state index in [0.29, 0.717) is 28.8 Å². The fraction of sp³-hybridized carbons (Fsp3) is 0.292. The first kappa shape index (κ1) is 21.9. The zero-order valence-electron chi connectivity index (χ0n) is 18.0. The van der Waals surface area contributed by atoms with Gasteiger partial charge in [-0.1, -0.05) is 23.7 Å². The number of rotatable bonds is 6. The van der Waals surface area contributed by atoms with E-state index < -0.39 is 0 Å². The van der Waals surface area contributed by atoms with Gasteiger partial charge in [0.15, 0.2) is 17.3 Å². The van der Waals surface area contributed by atoms with Crippen molar-refractivity contribution in [3.05, 3.63) is 59.6 Å². The second-order valence-electron chi connectivity index (χ2n) is 7.63. The number of anilines is 2. The molecular weight excluding hydrogens is 428 g/mol. The summed E-state index contributed by atoms with van der Waals surface area (Å²) in [6, 6.07) is 16.7. The highest BCUT2D eigenvalue weighted by molar-refractivity contribution is 6.30. The molecule has 1 aliphatic rings. The summed E-state index contributed by atoms with van der Waals surface area (Å²) in [6.45, 7) is 1.43. The van der Waals surface area contributed by atoms with Crippen LogP contribution in [0.1, 0.15) is 12.8 Å². The van der Waals surface area contributed by atoms with Crippen LogP contribution in [0.25, 0.3) is 11.3 Å². The average Bonchev–Trinajstić information content (AvgIpc) is 2.84. The minimum Gasteiger partial charge on any atom is -0.493 e. The lowest BCUT2D eigenvalue weighted by atomic mass is 9.97. The molecule has 1 amide bonds. The minimum absolute atomic E-state index is 0.0207. The molecule has 7 nitrogen and oxygen atoms in total. The smallest absolute Gasteiger partial charge is 0.229 e. The number of nitrogens with one attached hydrogen (secondary N) is 1. The molecule has 1 fully saturated rings. The van der Waals surface area contributed by atoms with E-state index >= 15 is 0 Å². The van der Waals surface area contributed by atoms with Crippen LogP contribution in [0.5, 0.6) is 11.5 Å². The van der Waals surface area contributed by atoms with Gasteiger partial charge >= 0.3 is 0 Å². The highest BCUT2D eigenvalue weighted by Gasteiger charge is 2.27. The van der Waals surface area contributed by atoms with Crippen molar-refractivity contribution in [3.63, 3.8) is 0 Å². The summed E-state index contributed by atoms with van der Waals surface area (Å²) >= 11 is 5.96. The molecule has 1 aromatic heterocycles. The van der Waals surface area contributed by atoms with Crippen molar-refractivity contribution in [3.8, 4) is 22.8 Å². The number of hydrogen-bond donors (Lipinski definition) is 1. The number of carbonyl (C=O) groups is 1. The third-order valence-corrected chi connectivity index (χ3v) is 5.81. The van der Waals surface area contributed by atoms with E-state index in [2.05, 4.69) is 20.4 Å². The van der Waals surface area contributed by atoms with Crippen molar-refractivity contribution in [2.75, 3.05) is 37.5 Å². The molecule has 1 atom stereocenters. The molecule has 32 heavy (non-hydrogen) atoms. The van der Waals surface area contributed by atoms with Gasteiger partial charge in [-0.3, -0.25) is 4.79 Å². The van der Waals surface area contributed by atoms with Gasteiger partial charge in [0.05, 0.1) is 25.8 Å². The Kier molecular flexibility index (Phi) is 6.75. The van der Waals surface area contributed by atoms with Crippen LogP contribution in [0, 0.1) is 5.92 Å². The standard InChI is InChI=1S/C24H25ClN4O3/c1-31-21-11-9-19(14-22(21)32-2)26-24(30)17-4-3-13-29(15-17)23-12-10-20(27-28-23)16-5-7-18(25)8-6-16/h5-12,14,17H,3-4,13,15H2,1-2H3,(H,26,30).